The fourth-order valence-corrected chi connectivity index (χ4v) is 0.338. The monoisotopic (exact) mass is 320 g/mol. The molecule has 0 N–H and O–H groups in total. The summed E-state index contributed by atoms with van der Waals surface area (Å²) in [7, 11) is 0. The second kappa shape index (κ2) is 25.5. The van der Waals surface area contributed by atoms with Crippen LogP contribution in [-0.2, 0) is 32.7 Å². The Hall–Kier alpha value is 0.644. The topological polar surface area (TPSA) is 12.4 Å². The standard InChI is InChI=1S/C7H14N.C4H9.C2H6.2CH4.Y/c1-7(2,3)5-6-8-4;1-4(2)3;1-2;;;/h6H,4-5H2,1-3H3;1-3H3;1-2H3;2*1H4;/q2*-1;;;;. The molecule has 0 aromatic rings. The summed E-state index contributed by atoms with van der Waals surface area (Å²) in [6.45, 7) is 22.0. The summed E-state index contributed by atoms with van der Waals surface area (Å²) in [6, 6.07) is 0. The predicted octanol–water partition coefficient (Wildman–Crippen LogP) is 6.20. The fourth-order valence-electron chi connectivity index (χ4n) is 0.338. The third-order valence-electron chi connectivity index (χ3n) is 0.833. The van der Waals surface area contributed by atoms with Gasteiger partial charge in [0, 0.05) is 32.7 Å². The third kappa shape index (κ3) is 112. The Bertz CT molecular complexity index is 101. The van der Waals surface area contributed by atoms with E-state index in [9.17, 15) is 0 Å². The molecule has 0 amide bonds. The minimum atomic E-state index is 0. The Morgan fingerprint density at radius 3 is 1.35 bits per heavy atom. The van der Waals surface area contributed by atoms with Gasteiger partial charge in [-0.1, -0.05) is 55.9 Å². The van der Waals surface area contributed by atoms with Gasteiger partial charge in [-0.25, -0.2) is 0 Å². The van der Waals surface area contributed by atoms with Gasteiger partial charge in [-0.2, -0.15) is 27.5 Å². The first kappa shape index (κ1) is 36.1. The number of aliphatic imine (C=N–C) groups is 1. The van der Waals surface area contributed by atoms with Gasteiger partial charge in [-0.15, -0.1) is 6.54 Å². The SMILES string of the molecule is C.C.C=N[CH-]CC(C)(C)C.CC.C[C-](C)C.[Y]. The molecule has 0 heterocycles. The summed E-state index contributed by atoms with van der Waals surface area (Å²) < 4.78 is 0. The zero-order chi connectivity index (χ0) is 12.2. The fraction of sp³-hybridized carbons (Fsp3) is 0.800. The van der Waals surface area contributed by atoms with E-state index in [0.29, 0.717) is 5.41 Å². The van der Waals surface area contributed by atoms with Crippen LogP contribution in [0.2, 0.25) is 0 Å². The van der Waals surface area contributed by atoms with Crippen LogP contribution in [-0.4, -0.2) is 6.72 Å². The molecular formula is C15H37NY-2. The van der Waals surface area contributed by atoms with Gasteiger partial charge in [0.2, 0.25) is 0 Å². The molecule has 17 heavy (non-hydrogen) atoms. The van der Waals surface area contributed by atoms with E-state index in [0.717, 1.165) is 6.42 Å². The molecule has 1 radical (unpaired) electrons. The van der Waals surface area contributed by atoms with Crippen molar-refractivity contribution in [2.45, 2.75) is 76.7 Å². The van der Waals surface area contributed by atoms with Crippen molar-refractivity contribution in [1.82, 2.24) is 0 Å². The minimum Gasteiger partial charge on any atom is -0.461 e. The van der Waals surface area contributed by atoms with E-state index in [-0.39, 0.29) is 47.6 Å². The van der Waals surface area contributed by atoms with Crippen LogP contribution in [0.15, 0.2) is 4.99 Å². The molecule has 0 unspecified atom stereocenters. The van der Waals surface area contributed by atoms with Crippen molar-refractivity contribution in [3.8, 4) is 0 Å². The quantitative estimate of drug-likeness (QED) is 0.424. The van der Waals surface area contributed by atoms with Crippen molar-refractivity contribution in [3.05, 3.63) is 12.5 Å². The first-order valence-electron chi connectivity index (χ1n) is 5.34. The van der Waals surface area contributed by atoms with Crippen molar-refractivity contribution in [2.75, 3.05) is 0 Å². The molecule has 0 bridgehead atoms. The van der Waals surface area contributed by atoms with Crippen LogP contribution >= 0.6 is 0 Å². The number of nitrogens with zero attached hydrogens (tertiary/aromatic N) is 1. The van der Waals surface area contributed by atoms with Gasteiger partial charge < -0.3 is 10.9 Å². The zero-order valence-corrected chi connectivity index (χ0v) is 14.9. The van der Waals surface area contributed by atoms with E-state index in [1.165, 1.54) is 5.92 Å². The zero-order valence-electron chi connectivity index (χ0n) is 12.0. The van der Waals surface area contributed by atoms with Crippen LogP contribution in [0.25, 0.3) is 0 Å². The Kier molecular flexibility index (Phi) is 54.0. The molecule has 0 saturated heterocycles. The van der Waals surface area contributed by atoms with Gasteiger partial charge >= 0.3 is 0 Å². The predicted molar refractivity (Wildman–Crippen MR) is 83.0 cm³/mol. The molecule has 0 atom stereocenters. The summed E-state index contributed by atoms with van der Waals surface area (Å²) in [5.41, 5.74) is 0.362. The second-order valence-electron chi connectivity index (χ2n) is 4.63. The van der Waals surface area contributed by atoms with Crippen molar-refractivity contribution >= 4 is 6.72 Å². The van der Waals surface area contributed by atoms with E-state index in [4.69, 9.17) is 0 Å². The van der Waals surface area contributed by atoms with E-state index >= 15 is 0 Å². The first-order chi connectivity index (χ1) is 6.29. The van der Waals surface area contributed by atoms with Crippen LogP contribution < -0.4 is 0 Å². The van der Waals surface area contributed by atoms with Crippen molar-refractivity contribution in [3.63, 3.8) is 0 Å². The molecule has 2 heteroatoms. The Labute approximate surface area is 138 Å². The van der Waals surface area contributed by atoms with E-state index in [1.54, 1.807) is 0 Å². The van der Waals surface area contributed by atoms with E-state index in [2.05, 4.69) is 53.3 Å². The molecule has 0 fully saturated rings. The average molecular weight is 320 g/mol. The van der Waals surface area contributed by atoms with Gasteiger partial charge in [0.25, 0.3) is 0 Å². The largest absolute Gasteiger partial charge is 0.461 e. The van der Waals surface area contributed by atoms with Crippen molar-refractivity contribution in [2.24, 2.45) is 10.4 Å². The molecular weight excluding hydrogens is 283 g/mol. The maximum atomic E-state index is 3.65. The molecule has 1 nitrogen and oxygen atoms in total. The van der Waals surface area contributed by atoms with E-state index < -0.39 is 0 Å². The Balaban J connectivity index is -0.0000000296. The maximum Gasteiger partial charge on any atom is 0 e. The van der Waals surface area contributed by atoms with Crippen LogP contribution in [0.4, 0.5) is 0 Å². The van der Waals surface area contributed by atoms with Gasteiger partial charge in [0.15, 0.2) is 0 Å². The smallest absolute Gasteiger partial charge is 0 e. The first-order valence-corrected chi connectivity index (χ1v) is 5.34. The Morgan fingerprint density at radius 1 is 1.06 bits per heavy atom. The normalized spacial score (nSPS) is 7.59. The van der Waals surface area contributed by atoms with Crippen LogP contribution in [0.3, 0.4) is 0 Å². The summed E-state index contributed by atoms with van der Waals surface area (Å²) in [5.74, 6) is 1.42. The minimum absolute atomic E-state index is 0. The summed E-state index contributed by atoms with van der Waals surface area (Å²) in [5, 5.41) is 0. The van der Waals surface area contributed by atoms with Gasteiger partial charge in [-0.3, -0.25) is 0 Å². The summed E-state index contributed by atoms with van der Waals surface area (Å²) >= 11 is 0. The number of hydrogen-bond donors (Lipinski definition) is 0. The van der Waals surface area contributed by atoms with Crippen molar-refractivity contribution < 1.29 is 32.7 Å². The molecule has 0 saturated carbocycles. The molecule has 0 rings (SSSR count). The molecule has 0 aromatic carbocycles. The average Bonchev–Trinajstić information content (AvgIpc) is 2.02. The van der Waals surface area contributed by atoms with Gasteiger partial charge in [0.05, 0.1) is 0 Å². The molecule has 0 aliphatic carbocycles. The molecule has 0 spiro atoms. The maximum absolute atomic E-state index is 3.65. The molecule has 0 aromatic heterocycles. The molecule has 0 aliphatic heterocycles. The second-order valence-corrected chi connectivity index (χ2v) is 4.63. The Morgan fingerprint density at radius 2 is 1.29 bits per heavy atom. The summed E-state index contributed by atoms with van der Waals surface area (Å²) in [4.78, 5) is 3.65. The molecule has 0 aliphatic rings. The van der Waals surface area contributed by atoms with E-state index in [1.807, 2.05) is 20.4 Å². The van der Waals surface area contributed by atoms with Crippen LogP contribution in [0.5, 0.6) is 0 Å². The van der Waals surface area contributed by atoms with Gasteiger partial charge in [-0.05, 0) is 5.41 Å². The van der Waals surface area contributed by atoms with Crippen molar-refractivity contribution in [1.29, 1.82) is 0 Å². The summed E-state index contributed by atoms with van der Waals surface area (Å²) in [6.07, 6.45) is 1.01. The van der Waals surface area contributed by atoms with Crippen LogP contribution in [0.1, 0.15) is 76.7 Å². The van der Waals surface area contributed by atoms with Crippen LogP contribution in [0, 0.1) is 17.9 Å². The van der Waals surface area contributed by atoms with Gasteiger partial charge in [0.1, 0.15) is 0 Å². The molecule has 107 valence electrons. The third-order valence-corrected chi connectivity index (χ3v) is 0.833. The number of rotatable bonds is 2. The number of hydrogen-bond acceptors (Lipinski definition) is 1.